The van der Waals surface area contributed by atoms with Gasteiger partial charge in [-0.25, -0.2) is 0 Å². The van der Waals surface area contributed by atoms with E-state index in [9.17, 15) is 0 Å². The molecule has 1 heterocycles. The number of hydrogen-bond acceptors (Lipinski definition) is 4. The Balaban J connectivity index is 2.04. The zero-order valence-electron chi connectivity index (χ0n) is 10.1. The molecule has 0 aliphatic carbocycles. The summed E-state index contributed by atoms with van der Waals surface area (Å²) in [6, 6.07) is 7.74. The largest absolute Gasteiger partial charge is 0.486 e. The van der Waals surface area contributed by atoms with Crippen LogP contribution >= 0.6 is 0 Å². The highest BCUT2D eigenvalue weighted by Gasteiger charge is 2.05. The van der Waals surface area contributed by atoms with Crippen LogP contribution in [0, 0.1) is 6.92 Å². The lowest BCUT2D eigenvalue weighted by Crippen LogP contribution is -2.05. The summed E-state index contributed by atoms with van der Waals surface area (Å²) in [7, 11) is 1.92. The normalized spacial score (nSPS) is 10.5. The molecule has 90 valence electrons. The van der Waals surface area contributed by atoms with Crippen molar-refractivity contribution in [2.75, 3.05) is 0 Å². The number of hydrogen-bond donors (Lipinski definition) is 1. The number of nitrogens with two attached hydrogens (primary N) is 1. The molecule has 0 saturated heterocycles. The SMILES string of the molecule is Cc1nnc(COc2cccc(CN)c2)n1C. The highest BCUT2D eigenvalue weighted by molar-refractivity contribution is 5.28. The number of aromatic nitrogens is 3. The van der Waals surface area contributed by atoms with Crippen LogP contribution in [-0.2, 0) is 20.2 Å². The molecule has 0 spiro atoms. The predicted molar refractivity (Wildman–Crippen MR) is 64.4 cm³/mol. The van der Waals surface area contributed by atoms with Crippen molar-refractivity contribution in [3.05, 3.63) is 41.5 Å². The van der Waals surface area contributed by atoms with Gasteiger partial charge in [0.25, 0.3) is 0 Å². The second-order valence-electron chi connectivity index (χ2n) is 3.86. The van der Waals surface area contributed by atoms with Crippen LogP contribution in [0.2, 0.25) is 0 Å². The summed E-state index contributed by atoms with van der Waals surface area (Å²) in [4.78, 5) is 0. The molecule has 0 saturated carbocycles. The van der Waals surface area contributed by atoms with Crippen LogP contribution in [0.4, 0.5) is 0 Å². The molecular formula is C12H16N4O. The lowest BCUT2D eigenvalue weighted by molar-refractivity contribution is 0.290. The maximum atomic E-state index is 5.65. The molecule has 0 radical (unpaired) electrons. The maximum Gasteiger partial charge on any atom is 0.170 e. The molecule has 17 heavy (non-hydrogen) atoms. The molecule has 0 aliphatic heterocycles. The number of ether oxygens (including phenoxy) is 1. The Labute approximate surface area is 100 Å². The van der Waals surface area contributed by atoms with Crippen molar-refractivity contribution in [1.82, 2.24) is 14.8 Å². The van der Waals surface area contributed by atoms with E-state index in [1.54, 1.807) is 0 Å². The van der Waals surface area contributed by atoms with Crippen LogP contribution in [0.5, 0.6) is 5.75 Å². The molecular weight excluding hydrogens is 216 g/mol. The first-order valence-electron chi connectivity index (χ1n) is 5.47. The van der Waals surface area contributed by atoms with Gasteiger partial charge in [0, 0.05) is 13.6 Å². The molecule has 1 aromatic carbocycles. The van der Waals surface area contributed by atoms with E-state index in [-0.39, 0.29) is 0 Å². The van der Waals surface area contributed by atoms with Gasteiger partial charge < -0.3 is 15.0 Å². The van der Waals surface area contributed by atoms with Gasteiger partial charge in [-0.15, -0.1) is 10.2 Å². The van der Waals surface area contributed by atoms with E-state index in [1.807, 2.05) is 42.8 Å². The Morgan fingerprint density at radius 1 is 1.35 bits per heavy atom. The average Bonchev–Trinajstić information content (AvgIpc) is 2.68. The van der Waals surface area contributed by atoms with E-state index in [0.717, 1.165) is 23.0 Å². The fraction of sp³-hybridized carbons (Fsp3) is 0.333. The minimum absolute atomic E-state index is 0.408. The Bertz CT molecular complexity index is 507. The summed E-state index contributed by atoms with van der Waals surface area (Å²) < 4.78 is 7.56. The second kappa shape index (κ2) is 4.97. The first-order valence-corrected chi connectivity index (χ1v) is 5.47. The summed E-state index contributed by atoms with van der Waals surface area (Å²) in [6.45, 7) is 2.83. The summed E-state index contributed by atoms with van der Waals surface area (Å²) in [5.41, 5.74) is 6.62. The first kappa shape index (κ1) is 11.6. The van der Waals surface area contributed by atoms with Crippen molar-refractivity contribution in [1.29, 1.82) is 0 Å². The van der Waals surface area contributed by atoms with E-state index >= 15 is 0 Å². The Morgan fingerprint density at radius 2 is 2.18 bits per heavy atom. The number of aryl methyl sites for hydroxylation is 1. The van der Waals surface area contributed by atoms with Crippen molar-refractivity contribution < 1.29 is 4.74 Å². The first-order chi connectivity index (χ1) is 8.20. The van der Waals surface area contributed by atoms with Crippen LogP contribution < -0.4 is 10.5 Å². The highest BCUT2D eigenvalue weighted by Crippen LogP contribution is 2.14. The molecule has 2 N–H and O–H groups in total. The quantitative estimate of drug-likeness (QED) is 0.859. The van der Waals surface area contributed by atoms with Crippen molar-refractivity contribution in [2.24, 2.45) is 12.8 Å². The second-order valence-corrected chi connectivity index (χ2v) is 3.86. The molecule has 0 aliphatic rings. The van der Waals surface area contributed by atoms with Crippen molar-refractivity contribution in [2.45, 2.75) is 20.1 Å². The topological polar surface area (TPSA) is 66.0 Å². The lowest BCUT2D eigenvalue weighted by atomic mass is 10.2. The van der Waals surface area contributed by atoms with Crippen molar-refractivity contribution in [3.63, 3.8) is 0 Å². The summed E-state index contributed by atoms with van der Waals surface area (Å²) in [5.74, 6) is 2.48. The summed E-state index contributed by atoms with van der Waals surface area (Å²) >= 11 is 0. The zero-order valence-corrected chi connectivity index (χ0v) is 10.1. The van der Waals surface area contributed by atoms with Gasteiger partial charge in [-0.2, -0.15) is 0 Å². The van der Waals surface area contributed by atoms with E-state index in [0.29, 0.717) is 13.2 Å². The Hall–Kier alpha value is -1.88. The van der Waals surface area contributed by atoms with Gasteiger partial charge in [0.2, 0.25) is 0 Å². The van der Waals surface area contributed by atoms with E-state index < -0.39 is 0 Å². The molecule has 2 rings (SSSR count). The molecule has 0 amide bonds. The van der Waals surface area contributed by atoms with Crippen molar-refractivity contribution >= 4 is 0 Å². The molecule has 0 unspecified atom stereocenters. The van der Waals surface area contributed by atoms with Crippen LogP contribution in [0.1, 0.15) is 17.2 Å². The van der Waals surface area contributed by atoms with Crippen LogP contribution in [0.15, 0.2) is 24.3 Å². The van der Waals surface area contributed by atoms with Gasteiger partial charge in [0.05, 0.1) is 0 Å². The Morgan fingerprint density at radius 3 is 2.82 bits per heavy atom. The smallest absolute Gasteiger partial charge is 0.170 e. The highest BCUT2D eigenvalue weighted by atomic mass is 16.5. The fourth-order valence-electron chi connectivity index (χ4n) is 1.49. The van der Waals surface area contributed by atoms with Gasteiger partial charge in [-0.05, 0) is 24.6 Å². The minimum Gasteiger partial charge on any atom is -0.486 e. The van der Waals surface area contributed by atoms with E-state index in [4.69, 9.17) is 10.5 Å². The monoisotopic (exact) mass is 232 g/mol. The molecule has 0 atom stereocenters. The van der Waals surface area contributed by atoms with Gasteiger partial charge in [-0.1, -0.05) is 12.1 Å². The van der Waals surface area contributed by atoms with E-state index in [1.165, 1.54) is 0 Å². The third-order valence-corrected chi connectivity index (χ3v) is 2.68. The molecule has 0 fully saturated rings. The van der Waals surface area contributed by atoms with Crippen molar-refractivity contribution in [3.8, 4) is 5.75 Å². The fourth-order valence-corrected chi connectivity index (χ4v) is 1.49. The average molecular weight is 232 g/mol. The minimum atomic E-state index is 0.408. The third-order valence-electron chi connectivity index (χ3n) is 2.68. The van der Waals surface area contributed by atoms with Gasteiger partial charge in [0.1, 0.15) is 18.2 Å². The van der Waals surface area contributed by atoms with Crippen LogP contribution in [0.25, 0.3) is 0 Å². The van der Waals surface area contributed by atoms with Gasteiger partial charge in [0.15, 0.2) is 5.82 Å². The van der Waals surface area contributed by atoms with Crippen LogP contribution in [0.3, 0.4) is 0 Å². The van der Waals surface area contributed by atoms with Crippen LogP contribution in [-0.4, -0.2) is 14.8 Å². The van der Waals surface area contributed by atoms with Gasteiger partial charge in [-0.3, -0.25) is 0 Å². The molecule has 5 heteroatoms. The Kier molecular flexibility index (Phi) is 3.39. The molecule has 0 bridgehead atoms. The maximum absolute atomic E-state index is 5.65. The van der Waals surface area contributed by atoms with E-state index in [2.05, 4.69) is 10.2 Å². The summed E-state index contributed by atoms with van der Waals surface area (Å²) in [5, 5.41) is 8.01. The number of nitrogens with zero attached hydrogens (tertiary/aromatic N) is 3. The van der Waals surface area contributed by atoms with Gasteiger partial charge >= 0.3 is 0 Å². The third kappa shape index (κ3) is 2.62. The standard InChI is InChI=1S/C12H16N4O/c1-9-14-15-12(16(9)2)8-17-11-5-3-4-10(6-11)7-13/h3-6H,7-8,13H2,1-2H3. The lowest BCUT2D eigenvalue weighted by Gasteiger charge is -2.07. The molecule has 5 nitrogen and oxygen atoms in total. The summed E-state index contributed by atoms with van der Waals surface area (Å²) in [6.07, 6.45) is 0. The number of rotatable bonds is 4. The predicted octanol–water partition coefficient (Wildman–Crippen LogP) is 1.16. The molecule has 2 aromatic rings. The zero-order chi connectivity index (χ0) is 12.3. The molecule has 1 aromatic heterocycles. The number of benzene rings is 1.